The third kappa shape index (κ3) is 2.12. The van der Waals surface area contributed by atoms with Gasteiger partial charge in [0.05, 0.1) is 6.54 Å². The van der Waals surface area contributed by atoms with E-state index in [2.05, 4.69) is 10.0 Å². The summed E-state index contributed by atoms with van der Waals surface area (Å²) in [5, 5.41) is 3.66. The van der Waals surface area contributed by atoms with Crippen LogP contribution in [0.25, 0.3) is 10.4 Å². The molecule has 0 unspecified atom stereocenters. The van der Waals surface area contributed by atoms with Gasteiger partial charge >= 0.3 is 0 Å². The third-order valence-electron chi connectivity index (χ3n) is 1.31. The number of halogens is 2. The minimum absolute atomic E-state index is 0.0110. The highest BCUT2D eigenvalue weighted by Gasteiger charge is 2.00. The van der Waals surface area contributed by atoms with Gasteiger partial charge in [-0.1, -0.05) is 16.7 Å². The molecular formula is C7H5ClFN3. The minimum atomic E-state index is -0.410. The van der Waals surface area contributed by atoms with Gasteiger partial charge in [-0.05, 0) is 29.3 Å². The zero-order valence-electron chi connectivity index (χ0n) is 6.04. The van der Waals surface area contributed by atoms with E-state index in [0.29, 0.717) is 10.6 Å². The molecule has 5 heteroatoms. The van der Waals surface area contributed by atoms with Gasteiger partial charge in [-0.3, -0.25) is 0 Å². The first-order valence-corrected chi connectivity index (χ1v) is 3.56. The summed E-state index contributed by atoms with van der Waals surface area (Å²) in [6.07, 6.45) is 0. The largest absolute Gasteiger partial charge is 0.207 e. The Morgan fingerprint density at radius 1 is 1.58 bits per heavy atom. The molecule has 0 atom stereocenters. The van der Waals surface area contributed by atoms with Crippen LogP contribution in [0.3, 0.4) is 0 Å². The van der Waals surface area contributed by atoms with Gasteiger partial charge in [0.1, 0.15) is 5.82 Å². The molecule has 0 saturated heterocycles. The average molecular weight is 186 g/mol. The highest BCUT2D eigenvalue weighted by atomic mass is 35.5. The Kier molecular flexibility index (Phi) is 2.91. The van der Waals surface area contributed by atoms with Gasteiger partial charge in [0, 0.05) is 9.93 Å². The van der Waals surface area contributed by atoms with E-state index < -0.39 is 5.82 Å². The van der Waals surface area contributed by atoms with Crippen molar-refractivity contribution in [3.63, 3.8) is 0 Å². The summed E-state index contributed by atoms with van der Waals surface area (Å²) in [6.45, 7) is -0.0110. The van der Waals surface area contributed by atoms with Crippen LogP contribution >= 0.6 is 11.6 Å². The van der Waals surface area contributed by atoms with Crippen molar-refractivity contribution in [1.82, 2.24) is 0 Å². The summed E-state index contributed by atoms with van der Waals surface area (Å²) in [7, 11) is 0. The average Bonchev–Trinajstić information content (AvgIpc) is 2.07. The van der Waals surface area contributed by atoms with E-state index in [-0.39, 0.29) is 6.54 Å². The van der Waals surface area contributed by atoms with Crippen molar-refractivity contribution in [2.45, 2.75) is 6.54 Å². The second-order valence-corrected chi connectivity index (χ2v) is 2.56. The van der Waals surface area contributed by atoms with Gasteiger partial charge in [-0.25, -0.2) is 4.39 Å². The third-order valence-corrected chi connectivity index (χ3v) is 1.55. The predicted octanol–water partition coefficient (Wildman–Crippen LogP) is 3.29. The molecule has 0 N–H and O–H groups in total. The molecule has 0 bridgehead atoms. The highest BCUT2D eigenvalue weighted by molar-refractivity contribution is 6.30. The summed E-state index contributed by atoms with van der Waals surface area (Å²) in [4.78, 5) is 2.52. The normalized spacial score (nSPS) is 9.17. The fourth-order valence-electron chi connectivity index (χ4n) is 0.772. The van der Waals surface area contributed by atoms with Crippen LogP contribution in [-0.4, -0.2) is 0 Å². The minimum Gasteiger partial charge on any atom is -0.207 e. The van der Waals surface area contributed by atoms with Crippen LogP contribution in [0.1, 0.15) is 5.56 Å². The quantitative estimate of drug-likeness (QED) is 0.386. The topological polar surface area (TPSA) is 48.8 Å². The van der Waals surface area contributed by atoms with Crippen molar-refractivity contribution in [2.75, 3.05) is 0 Å². The van der Waals surface area contributed by atoms with E-state index in [1.807, 2.05) is 0 Å². The van der Waals surface area contributed by atoms with Gasteiger partial charge in [0.25, 0.3) is 0 Å². The first-order chi connectivity index (χ1) is 5.74. The van der Waals surface area contributed by atoms with Crippen LogP contribution in [0.4, 0.5) is 4.39 Å². The second kappa shape index (κ2) is 3.95. The number of benzene rings is 1. The van der Waals surface area contributed by atoms with Gasteiger partial charge in [0.15, 0.2) is 0 Å². The first kappa shape index (κ1) is 8.84. The zero-order chi connectivity index (χ0) is 8.97. The molecule has 0 aliphatic rings. The number of hydrogen-bond donors (Lipinski definition) is 0. The monoisotopic (exact) mass is 185 g/mol. The van der Waals surface area contributed by atoms with Crippen molar-refractivity contribution >= 4 is 11.6 Å². The van der Waals surface area contributed by atoms with Crippen LogP contribution in [0.2, 0.25) is 5.02 Å². The summed E-state index contributed by atoms with van der Waals surface area (Å²) in [6, 6.07) is 4.12. The molecule has 1 aromatic rings. The fraction of sp³-hybridized carbons (Fsp3) is 0.143. The smallest absolute Gasteiger partial charge is 0.126 e. The molecule has 1 rings (SSSR count). The maximum absolute atomic E-state index is 12.9. The van der Waals surface area contributed by atoms with Gasteiger partial charge in [-0.15, -0.1) is 0 Å². The Hall–Kier alpha value is -1.25. The molecule has 12 heavy (non-hydrogen) atoms. The molecule has 0 radical (unpaired) electrons. The fourth-order valence-corrected chi connectivity index (χ4v) is 0.967. The Morgan fingerprint density at radius 3 is 3.00 bits per heavy atom. The SMILES string of the molecule is [N-]=[N+]=NCc1cc(Cl)ccc1F. The van der Waals surface area contributed by atoms with E-state index in [9.17, 15) is 4.39 Å². The molecule has 1 aromatic carbocycles. The summed E-state index contributed by atoms with van der Waals surface area (Å²) < 4.78 is 12.9. The molecule has 0 spiro atoms. The van der Waals surface area contributed by atoms with E-state index in [1.165, 1.54) is 18.2 Å². The maximum Gasteiger partial charge on any atom is 0.126 e. The van der Waals surface area contributed by atoms with Crippen molar-refractivity contribution in [2.24, 2.45) is 5.11 Å². The summed E-state index contributed by atoms with van der Waals surface area (Å²) in [5.41, 5.74) is 8.30. The van der Waals surface area contributed by atoms with E-state index in [1.54, 1.807) is 0 Å². The van der Waals surface area contributed by atoms with Crippen LogP contribution < -0.4 is 0 Å². The predicted molar refractivity (Wildman–Crippen MR) is 44.3 cm³/mol. The molecule has 0 saturated carbocycles. The number of azide groups is 1. The standard InChI is InChI=1S/C7H5ClFN3/c8-6-1-2-7(9)5(3-6)4-11-12-10/h1-3H,4H2. The van der Waals surface area contributed by atoms with Crippen molar-refractivity contribution in [3.8, 4) is 0 Å². The molecular weight excluding hydrogens is 181 g/mol. The molecule has 0 fully saturated rings. The molecule has 0 heterocycles. The summed E-state index contributed by atoms with van der Waals surface area (Å²) in [5.74, 6) is -0.410. The van der Waals surface area contributed by atoms with Crippen molar-refractivity contribution in [1.29, 1.82) is 0 Å². The lowest BCUT2D eigenvalue weighted by Gasteiger charge is -1.97. The maximum atomic E-state index is 12.9. The highest BCUT2D eigenvalue weighted by Crippen LogP contribution is 2.15. The molecule has 0 aliphatic heterocycles. The Bertz CT molecular complexity index is 333. The van der Waals surface area contributed by atoms with Crippen LogP contribution in [0.15, 0.2) is 23.3 Å². The number of hydrogen-bond acceptors (Lipinski definition) is 1. The number of rotatable bonds is 2. The van der Waals surface area contributed by atoms with Crippen molar-refractivity contribution < 1.29 is 4.39 Å². The van der Waals surface area contributed by atoms with Gasteiger partial charge in [0.2, 0.25) is 0 Å². The van der Waals surface area contributed by atoms with Crippen molar-refractivity contribution in [3.05, 3.63) is 45.0 Å². The molecule has 3 nitrogen and oxygen atoms in total. The first-order valence-electron chi connectivity index (χ1n) is 3.19. The number of nitrogens with zero attached hydrogens (tertiary/aromatic N) is 3. The lowest BCUT2D eigenvalue weighted by molar-refractivity contribution is 0.610. The summed E-state index contributed by atoms with van der Waals surface area (Å²) >= 11 is 5.59. The van der Waals surface area contributed by atoms with Crippen LogP contribution in [0.5, 0.6) is 0 Å². The lowest BCUT2D eigenvalue weighted by atomic mass is 10.2. The second-order valence-electron chi connectivity index (χ2n) is 2.12. The Morgan fingerprint density at radius 2 is 2.33 bits per heavy atom. The lowest BCUT2D eigenvalue weighted by Crippen LogP contribution is -1.86. The van der Waals surface area contributed by atoms with Crippen LogP contribution in [0, 0.1) is 5.82 Å². The van der Waals surface area contributed by atoms with Crippen LogP contribution in [-0.2, 0) is 6.54 Å². The Balaban J connectivity index is 2.96. The Labute approximate surface area is 73.4 Å². The zero-order valence-corrected chi connectivity index (χ0v) is 6.79. The van der Waals surface area contributed by atoms with E-state index in [0.717, 1.165) is 0 Å². The van der Waals surface area contributed by atoms with Gasteiger partial charge < -0.3 is 0 Å². The molecule has 0 aromatic heterocycles. The molecule has 62 valence electrons. The molecule has 0 amide bonds. The van der Waals surface area contributed by atoms with Gasteiger partial charge in [-0.2, -0.15) is 0 Å². The van der Waals surface area contributed by atoms with E-state index >= 15 is 0 Å². The van der Waals surface area contributed by atoms with E-state index in [4.69, 9.17) is 17.1 Å². The molecule has 0 aliphatic carbocycles.